The van der Waals surface area contributed by atoms with Crippen LogP contribution in [0.1, 0.15) is 18.4 Å². The van der Waals surface area contributed by atoms with Gasteiger partial charge in [0.25, 0.3) is 0 Å². The van der Waals surface area contributed by atoms with E-state index in [-0.39, 0.29) is 29.4 Å². The highest BCUT2D eigenvalue weighted by atomic mass is 32.2. The maximum Gasteiger partial charge on any atom is 0.230 e. The van der Waals surface area contributed by atoms with Crippen LogP contribution in [0.15, 0.2) is 29.2 Å². The van der Waals surface area contributed by atoms with Crippen LogP contribution in [0.2, 0.25) is 0 Å². The van der Waals surface area contributed by atoms with Gasteiger partial charge in [0.05, 0.1) is 16.6 Å². The Bertz CT molecular complexity index is 604. The molecular formula is C13H15NO4S. The fraction of sp³-hybridized carbons (Fsp3) is 0.385. The quantitative estimate of drug-likeness (QED) is 0.832. The van der Waals surface area contributed by atoms with E-state index >= 15 is 0 Å². The zero-order chi connectivity index (χ0) is 14.0. The van der Waals surface area contributed by atoms with Gasteiger partial charge in [0.15, 0.2) is 9.84 Å². The maximum absolute atomic E-state index is 12.2. The zero-order valence-corrected chi connectivity index (χ0v) is 11.4. The number of nitrogens with one attached hydrogen (secondary N) is 1. The summed E-state index contributed by atoms with van der Waals surface area (Å²) in [5, 5.41) is 2.17. The van der Waals surface area contributed by atoms with Crippen LogP contribution in [0.25, 0.3) is 0 Å². The predicted molar refractivity (Wildman–Crippen MR) is 69.1 cm³/mol. The van der Waals surface area contributed by atoms with Crippen LogP contribution < -0.4 is 5.32 Å². The van der Waals surface area contributed by atoms with Crippen LogP contribution in [0, 0.1) is 12.8 Å². The van der Waals surface area contributed by atoms with Gasteiger partial charge < -0.3 is 0 Å². The van der Waals surface area contributed by atoms with Crippen LogP contribution >= 0.6 is 0 Å². The Morgan fingerprint density at radius 1 is 1.21 bits per heavy atom. The van der Waals surface area contributed by atoms with E-state index in [1.807, 2.05) is 6.92 Å². The van der Waals surface area contributed by atoms with E-state index in [0.29, 0.717) is 0 Å². The van der Waals surface area contributed by atoms with Gasteiger partial charge in [-0.1, -0.05) is 17.7 Å². The first-order valence-electron chi connectivity index (χ1n) is 6.01. The first kappa shape index (κ1) is 13.7. The fourth-order valence-electron chi connectivity index (χ4n) is 2.00. The number of piperidine rings is 1. The summed E-state index contributed by atoms with van der Waals surface area (Å²) in [7, 11) is -3.50. The van der Waals surface area contributed by atoms with E-state index in [2.05, 4.69) is 5.32 Å². The molecule has 6 heteroatoms. The monoisotopic (exact) mass is 281 g/mol. The van der Waals surface area contributed by atoms with Crippen molar-refractivity contribution in [2.45, 2.75) is 24.7 Å². The van der Waals surface area contributed by atoms with Crippen molar-refractivity contribution in [3.8, 4) is 0 Å². The SMILES string of the molecule is Cc1ccc(S(=O)(=O)CC2CCC(=O)NC2=O)cc1. The predicted octanol–water partition coefficient (Wildman–Crippen LogP) is 0.822. The van der Waals surface area contributed by atoms with Crippen molar-refractivity contribution in [3.63, 3.8) is 0 Å². The molecule has 1 unspecified atom stereocenters. The minimum atomic E-state index is -3.50. The molecule has 2 rings (SSSR count). The number of benzene rings is 1. The summed E-state index contributed by atoms with van der Waals surface area (Å²) < 4.78 is 24.3. The molecular weight excluding hydrogens is 266 g/mol. The van der Waals surface area contributed by atoms with Crippen LogP contribution in [0.5, 0.6) is 0 Å². The number of carbonyl (C=O) groups is 2. The lowest BCUT2D eigenvalue weighted by Crippen LogP contribution is -2.43. The second kappa shape index (κ2) is 5.13. The maximum atomic E-state index is 12.2. The number of aryl methyl sites for hydroxylation is 1. The first-order valence-corrected chi connectivity index (χ1v) is 7.67. The number of rotatable bonds is 3. The Labute approximate surface area is 111 Å². The van der Waals surface area contributed by atoms with Crippen LogP contribution in [-0.2, 0) is 19.4 Å². The lowest BCUT2D eigenvalue weighted by molar-refractivity contribution is -0.135. The largest absolute Gasteiger partial charge is 0.296 e. The third kappa shape index (κ3) is 3.20. The Morgan fingerprint density at radius 2 is 1.84 bits per heavy atom. The lowest BCUT2D eigenvalue weighted by Gasteiger charge is -2.20. The Hall–Kier alpha value is -1.69. The van der Waals surface area contributed by atoms with Gasteiger partial charge in [-0.25, -0.2) is 8.42 Å². The van der Waals surface area contributed by atoms with Crippen LogP contribution in [-0.4, -0.2) is 26.0 Å². The summed E-state index contributed by atoms with van der Waals surface area (Å²) in [4.78, 5) is 22.8. The topological polar surface area (TPSA) is 80.3 Å². The molecule has 5 nitrogen and oxygen atoms in total. The number of hydrogen-bond acceptors (Lipinski definition) is 4. The normalized spacial score (nSPS) is 20.2. The van der Waals surface area contributed by atoms with Crippen molar-refractivity contribution in [3.05, 3.63) is 29.8 Å². The summed E-state index contributed by atoms with van der Waals surface area (Å²) in [5.41, 5.74) is 0.972. The van der Waals surface area contributed by atoms with Crippen molar-refractivity contribution < 1.29 is 18.0 Å². The summed E-state index contributed by atoms with van der Waals surface area (Å²) in [6.07, 6.45) is 0.482. The van der Waals surface area contributed by atoms with Gasteiger partial charge >= 0.3 is 0 Å². The molecule has 0 aromatic heterocycles. The van der Waals surface area contributed by atoms with E-state index in [4.69, 9.17) is 0 Å². The Kier molecular flexibility index (Phi) is 3.71. The smallest absolute Gasteiger partial charge is 0.230 e. The lowest BCUT2D eigenvalue weighted by atomic mass is 10.0. The van der Waals surface area contributed by atoms with Gasteiger partial charge in [-0.05, 0) is 25.5 Å². The molecule has 19 heavy (non-hydrogen) atoms. The highest BCUT2D eigenvalue weighted by Gasteiger charge is 2.31. The number of amides is 2. The third-order valence-electron chi connectivity index (χ3n) is 3.15. The summed E-state index contributed by atoms with van der Waals surface area (Å²) in [6.45, 7) is 1.87. The van der Waals surface area contributed by atoms with Crippen LogP contribution in [0.3, 0.4) is 0 Å². The molecule has 2 amide bonds. The zero-order valence-electron chi connectivity index (χ0n) is 10.5. The first-order chi connectivity index (χ1) is 8.88. The second-order valence-electron chi connectivity index (χ2n) is 4.74. The van der Waals surface area contributed by atoms with Gasteiger partial charge in [0.2, 0.25) is 11.8 Å². The summed E-state index contributed by atoms with van der Waals surface area (Å²) in [5.74, 6) is -1.74. The van der Waals surface area contributed by atoms with E-state index in [1.165, 1.54) is 12.1 Å². The van der Waals surface area contributed by atoms with E-state index in [1.54, 1.807) is 12.1 Å². The molecule has 1 aromatic rings. The molecule has 102 valence electrons. The van der Waals surface area contributed by atoms with Gasteiger partial charge in [-0.3, -0.25) is 14.9 Å². The highest BCUT2D eigenvalue weighted by molar-refractivity contribution is 7.91. The molecule has 1 aliphatic heterocycles. The highest BCUT2D eigenvalue weighted by Crippen LogP contribution is 2.20. The minimum Gasteiger partial charge on any atom is -0.296 e. The van der Waals surface area contributed by atoms with Gasteiger partial charge in [0.1, 0.15) is 0 Å². The Morgan fingerprint density at radius 3 is 2.42 bits per heavy atom. The van der Waals surface area contributed by atoms with Crippen molar-refractivity contribution in [1.29, 1.82) is 0 Å². The molecule has 0 bridgehead atoms. The molecule has 1 aromatic carbocycles. The van der Waals surface area contributed by atoms with Gasteiger partial charge in [-0.2, -0.15) is 0 Å². The average molecular weight is 281 g/mol. The molecule has 1 aliphatic rings. The van der Waals surface area contributed by atoms with Crippen molar-refractivity contribution in [2.24, 2.45) is 5.92 Å². The molecule has 0 radical (unpaired) electrons. The standard InChI is InChI=1S/C13H15NO4S/c1-9-2-5-11(6-3-9)19(17,18)8-10-4-7-12(15)14-13(10)16/h2-3,5-6,10H,4,7-8H2,1H3,(H,14,15,16). The van der Waals surface area contributed by atoms with E-state index in [0.717, 1.165) is 5.56 Å². The van der Waals surface area contributed by atoms with Gasteiger partial charge in [-0.15, -0.1) is 0 Å². The van der Waals surface area contributed by atoms with Crippen molar-refractivity contribution in [2.75, 3.05) is 5.75 Å². The van der Waals surface area contributed by atoms with E-state index < -0.39 is 21.7 Å². The Balaban J connectivity index is 2.15. The molecule has 1 saturated heterocycles. The molecule has 0 aliphatic carbocycles. The van der Waals surface area contributed by atoms with Gasteiger partial charge in [0, 0.05) is 6.42 Å². The number of carbonyl (C=O) groups excluding carboxylic acids is 2. The molecule has 1 heterocycles. The second-order valence-corrected chi connectivity index (χ2v) is 6.78. The fourth-order valence-corrected chi connectivity index (χ4v) is 3.60. The van der Waals surface area contributed by atoms with Crippen molar-refractivity contribution in [1.82, 2.24) is 5.32 Å². The number of imide groups is 1. The molecule has 0 spiro atoms. The number of sulfone groups is 1. The molecule has 1 atom stereocenters. The summed E-state index contributed by atoms with van der Waals surface area (Å²) >= 11 is 0. The van der Waals surface area contributed by atoms with Crippen molar-refractivity contribution >= 4 is 21.7 Å². The van der Waals surface area contributed by atoms with E-state index in [9.17, 15) is 18.0 Å². The summed E-state index contributed by atoms with van der Waals surface area (Å²) in [6, 6.07) is 6.52. The average Bonchev–Trinajstić information content (AvgIpc) is 2.33. The van der Waals surface area contributed by atoms with Crippen LogP contribution in [0.4, 0.5) is 0 Å². The molecule has 1 fully saturated rings. The molecule has 0 saturated carbocycles. The minimum absolute atomic E-state index is 0.194. The number of hydrogen-bond donors (Lipinski definition) is 1. The molecule has 1 N–H and O–H groups in total. The third-order valence-corrected chi connectivity index (χ3v) is 4.99.